The largest absolute Gasteiger partial charge is 0.508 e. The highest BCUT2D eigenvalue weighted by atomic mass is 127. The summed E-state index contributed by atoms with van der Waals surface area (Å²) in [5, 5.41) is 16.0. The number of aryl methyl sites for hydroxylation is 1. The van der Waals surface area contributed by atoms with Gasteiger partial charge in [0.1, 0.15) is 5.75 Å². The number of nitrogens with one attached hydrogen (secondary N) is 2. The molecule has 1 aromatic heterocycles. The number of nitrogens with zero attached hydrogens (tertiary/aromatic N) is 3. The molecule has 7 nitrogen and oxygen atoms in total. The fourth-order valence-electron chi connectivity index (χ4n) is 2.56. The molecule has 0 unspecified atom stereocenters. The number of aromatic hydroxyl groups is 1. The normalized spacial score (nSPS) is 10.9. The lowest BCUT2D eigenvalue weighted by Gasteiger charge is -2.22. The first kappa shape index (κ1) is 24.1. The van der Waals surface area contributed by atoms with E-state index in [1.807, 2.05) is 42.7 Å². The number of rotatable bonds is 7. The molecule has 154 valence electrons. The van der Waals surface area contributed by atoms with Crippen LogP contribution < -0.4 is 10.6 Å². The Bertz CT molecular complexity index is 792. The van der Waals surface area contributed by atoms with Gasteiger partial charge in [-0.05, 0) is 37.3 Å². The van der Waals surface area contributed by atoms with Crippen LogP contribution in [0, 0.1) is 0 Å². The molecule has 9 heteroatoms. The third-order valence-corrected chi connectivity index (χ3v) is 4.17. The second kappa shape index (κ2) is 11.8. The van der Waals surface area contributed by atoms with Gasteiger partial charge in [-0.1, -0.05) is 11.6 Å². The van der Waals surface area contributed by atoms with Gasteiger partial charge in [-0.15, -0.1) is 24.0 Å². The van der Waals surface area contributed by atoms with Crippen LogP contribution in [0.25, 0.3) is 0 Å². The van der Waals surface area contributed by atoms with Gasteiger partial charge in [0.05, 0.1) is 18.1 Å². The number of carbonyl (C=O) groups excluding carboxylic acids is 1. The summed E-state index contributed by atoms with van der Waals surface area (Å²) in [5.41, 5.74) is 1.58. The molecule has 0 spiro atoms. The third kappa shape index (κ3) is 7.23. The van der Waals surface area contributed by atoms with Crippen molar-refractivity contribution in [3.8, 4) is 5.75 Å². The van der Waals surface area contributed by atoms with Crippen molar-refractivity contribution in [1.29, 1.82) is 0 Å². The minimum absolute atomic E-state index is 0. The SMILES string of the molecule is CCNC(=NCCNC(=O)c1ccc(O)cc1)N(C)Cc1cc(Cl)cn1C.I. The minimum Gasteiger partial charge on any atom is -0.508 e. The minimum atomic E-state index is -0.193. The number of phenolic OH excluding ortho intramolecular Hbond substituents is 1. The molecule has 0 atom stereocenters. The zero-order chi connectivity index (χ0) is 19.8. The van der Waals surface area contributed by atoms with E-state index in [0.717, 1.165) is 18.2 Å². The number of halogens is 2. The molecule has 0 aliphatic heterocycles. The summed E-state index contributed by atoms with van der Waals surface area (Å²) in [7, 11) is 3.91. The number of aliphatic imine (C=N–C) groups is 1. The van der Waals surface area contributed by atoms with Gasteiger partial charge in [0.25, 0.3) is 5.91 Å². The van der Waals surface area contributed by atoms with Gasteiger partial charge in [0.2, 0.25) is 0 Å². The summed E-state index contributed by atoms with van der Waals surface area (Å²) in [5.74, 6) is 0.699. The van der Waals surface area contributed by atoms with Crippen LogP contribution >= 0.6 is 35.6 Å². The van der Waals surface area contributed by atoms with Crippen LogP contribution in [-0.2, 0) is 13.6 Å². The third-order valence-electron chi connectivity index (χ3n) is 3.96. The second-order valence-electron chi connectivity index (χ2n) is 6.16. The van der Waals surface area contributed by atoms with E-state index in [0.29, 0.717) is 30.2 Å². The smallest absolute Gasteiger partial charge is 0.251 e. The van der Waals surface area contributed by atoms with E-state index in [4.69, 9.17) is 11.6 Å². The molecule has 0 radical (unpaired) electrons. The van der Waals surface area contributed by atoms with Crippen molar-refractivity contribution in [3.63, 3.8) is 0 Å². The predicted molar refractivity (Wildman–Crippen MR) is 124 cm³/mol. The Morgan fingerprint density at radius 3 is 2.54 bits per heavy atom. The van der Waals surface area contributed by atoms with Gasteiger partial charge in [-0.3, -0.25) is 9.79 Å². The van der Waals surface area contributed by atoms with Crippen molar-refractivity contribution >= 4 is 47.4 Å². The molecule has 28 heavy (non-hydrogen) atoms. The predicted octanol–water partition coefficient (Wildman–Crippen LogP) is 2.83. The Balaban J connectivity index is 0.00000392. The number of guanidine groups is 1. The van der Waals surface area contributed by atoms with E-state index in [-0.39, 0.29) is 35.6 Å². The standard InChI is InChI=1S/C19H26ClN5O2.HI/c1-4-21-19(25(3)13-16-11-15(20)12-24(16)2)23-10-9-22-18(27)14-5-7-17(26)8-6-14;/h5-8,11-12,26H,4,9-10,13H2,1-3H3,(H,21,23)(H,22,27);1H. The quantitative estimate of drug-likeness (QED) is 0.227. The van der Waals surface area contributed by atoms with Crippen molar-refractivity contribution in [3.05, 3.63) is 52.8 Å². The first-order valence-electron chi connectivity index (χ1n) is 8.78. The van der Waals surface area contributed by atoms with Gasteiger partial charge in [-0.2, -0.15) is 0 Å². The van der Waals surface area contributed by atoms with Crippen LogP contribution in [0.3, 0.4) is 0 Å². The Morgan fingerprint density at radius 2 is 1.96 bits per heavy atom. The molecular weight excluding hydrogens is 493 g/mol. The van der Waals surface area contributed by atoms with Gasteiger partial charge in [-0.25, -0.2) is 0 Å². The highest BCUT2D eigenvalue weighted by Gasteiger charge is 2.10. The Labute approximate surface area is 187 Å². The second-order valence-corrected chi connectivity index (χ2v) is 6.59. The van der Waals surface area contributed by atoms with Crippen LogP contribution in [0.5, 0.6) is 5.75 Å². The van der Waals surface area contributed by atoms with E-state index in [1.54, 1.807) is 12.1 Å². The monoisotopic (exact) mass is 519 g/mol. The average molecular weight is 520 g/mol. The Kier molecular flexibility index (Phi) is 10.2. The highest BCUT2D eigenvalue weighted by Crippen LogP contribution is 2.14. The summed E-state index contributed by atoms with van der Waals surface area (Å²) in [6.07, 6.45) is 1.87. The highest BCUT2D eigenvalue weighted by molar-refractivity contribution is 14.0. The zero-order valence-corrected chi connectivity index (χ0v) is 19.4. The van der Waals surface area contributed by atoms with E-state index in [2.05, 4.69) is 15.6 Å². The Hall–Kier alpha value is -1.94. The lowest BCUT2D eigenvalue weighted by molar-refractivity contribution is 0.0955. The number of aromatic nitrogens is 1. The summed E-state index contributed by atoms with van der Waals surface area (Å²) >= 11 is 6.04. The molecule has 0 bridgehead atoms. The molecule has 1 aromatic carbocycles. The van der Waals surface area contributed by atoms with Gasteiger partial charge >= 0.3 is 0 Å². The van der Waals surface area contributed by atoms with Crippen LogP contribution in [0.15, 0.2) is 41.5 Å². The molecule has 2 aromatic rings. The average Bonchev–Trinajstić information content (AvgIpc) is 2.95. The molecule has 0 aliphatic carbocycles. The lowest BCUT2D eigenvalue weighted by atomic mass is 10.2. The molecule has 0 fully saturated rings. The first-order valence-corrected chi connectivity index (χ1v) is 9.16. The molecule has 0 aliphatic rings. The van der Waals surface area contributed by atoms with E-state index < -0.39 is 0 Å². The number of hydrogen-bond donors (Lipinski definition) is 3. The summed E-state index contributed by atoms with van der Waals surface area (Å²) in [6, 6.07) is 8.06. The van der Waals surface area contributed by atoms with Crippen LogP contribution in [0.2, 0.25) is 5.02 Å². The fraction of sp³-hybridized carbons (Fsp3) is 0.368. The fourth-order valence-corrected chi connectivity index (χ4v) is 2.83. The zero-order valence-electron chi connectivity index (χ0n) is 16.3. The number of amides is 1. The van der Waals surface area contributed by atoms with Crippen LogP contribution in [0.4, 0.5) is 0 Å². The molecule has 3 N–H and O–H groups in total. The van der Waals surface area contributed by atoms with Crippen molar-refractivity contribution in [2.45, 2.75) is 13.5 Å². The van der Waals surface area contributed by atoms with Gasteiger partial charge < -0.3 is 25.2 Å². The van der Waals surface area contributed by atoms with Crippen molar-refractivity contribution < 1.29 is 9.90 Å². The number of hydrogen-bond acceptors (Lipinski definition) is 3. The van der Waals surface area contributed by atoms with E-state index in [9.17, 15) is 9.90 Å². The Morgan fingerprint density at radius 1 is 1.29 bits per heavy atom. The molecule has 1 heterocycles. The molecular formula is C19H27ClIN5O2. The van der Waals surface area contributed by atoms with Crippen LogP contribution in [0.1, 0.15) is 23.0 Å². The topological polar surface area (TPSA) is 81.9 Å². The maximum absolute atomic E-state index is 12.1. The van der Waals surface area contributed by atoms with Gasteiger partial charge in [0, 0.05) is 44.6 Å². The van der Waals surface area contributed by atoms with Crippen molar-refractivity contribution in [2.75, 3.05) is 26.7 Å². The maximum atomic E-state index is 12.1. The van der Waals surface area contributed by atoms with Gasteiger partial charge in [0.15, 0.2) is 5.96 Å². The summed E-state index contributed by atoms with van der Waals surface area (Å²) < 4.78 is 1.99. The van der Waals surface area contributed by atoms with Crippen molar-refractivity contribution in [1.82, 2.24) is 20.1 Å². The number of carbonyl (C=O) groups is 1. The van der Waals surface area contributed by atoms with Crippen molar-refractivity contribution in [2.24, 2.45) is 12.0 Å². The number of phenols is 1. The molecule has 1 amide bonds. The summed E-state index contributed by atoms with van der Waals surface area (Å²) in [4.78, 5) is 18.6. The van der Waals surface area contributed by atoms with E-state index >= 15 is 0 Å². The van der Waals surface area contributed by atoms with E-state index in [1.165, 1.54) is 12.1 Å². The maximum Gasteiger partial charge on any atom is 0.251 e. The molecule has 2 rings (SSSR count). The molecule has 0 saturated heterocycles. The lowest BCUT2D eigenvalue weighted by Crippen LogP contribution is -2.39. The first-order chi connectivity index (χ1) is 12.9. The van der Waals surface area contributed by atoms with Crippen LogP contribution in [-0.4, -0.2) is 53.1 Å². The molecule has 0 saturated carbocycles. The number of benzene rings is 1. The summed E-state index contributed by atoms with van der Waals surface area (Å²) in [6.45, 7) is 4.28.